The predicted octanol–water partition coefficient (Wildman–Crippen LogP) is 4.54. The van der Waals surface area contributed by atoms with Gasteiger partial charge in [-0.3, -0.25) is 4.90 Å². The van der Waals surface area contributed by atoms with Crippen LogP contribution in [0.2, 0.25) is 0 Å². The molecule has 0 spiro atoms. The monoisotopic (exact) mass is 344 g/mol. The molecular formula is C18H24F4N2. The SMILES string of the molecule is C=CCCCC[C@H](c1cccc(F)c1C(F)(F)F)N1CCNCC1. The van der Waals surface area contributed by atoms with Gasteiger partial charge in [0, 0.05) is 32.2 Å². The molecule has 1 heterocycles. The summed E-state index contributed by atoms with van der Waals surface area (Å²) in [6, 6.07) is 3.27. The lowest BCUT2D eigenvalue weighted by molar-refractivity contribution is -0.141. The van der Waals surface area contributed by atoms with Crippen molar-refractivity contribution in [1.29, 1.82) is 0 Å². The second-order valence-corrected chi connectivity index (χ2v) is 6.08. The number of nitrogens with zero attached hydrogens (tertiary/aromatic N) is 1. The van der Waals surface area contributed by atoms with Crippen LogP contribution < -0.4 is 5.32 Å². The second kappa shape index (κ2) is 8.62. The molecule has 0 bridgehead atoms. The van der Waals surface area contributed by atoms with Gasteiger partial charge in [0.1, 0.15) is 5.82 Å². The van der Waals surface area contributed by atoms with Gasteiger partial charge < -0.3 is 5.32 Å². The van der Waals surface area contributed by atoms with Crippen LogP contribution in [0.4, 0.5) is 17.6 Å². The van der Waals surface area contributed by atoms with E-state index in [-0.39, 0.29) is 5.56 Å². The van der Waals surface area contributed by atoms with Crippen LogP contribution in [0.5, 0.6) is 0 Å². The molecule has 1 aromatic carbocycles. The summed E-state index contributed by atoms with van der Waals surface area (Å²) in [6.07, 6.45) is 0.207. The Morgan fingerprint density at radius 2 is 1.92 bits per heavy atom. The van der Waals surface area contributed by atoms with Gasteiger partial charge in [0.2, 0.25) is 0 Å². The van der Waals surface area contributed by atoms with Crippen LogP contribution in [-0.2, 0) is 6.18 Å². The van der Waals surface area contributed by atoms with E-state index in [1.807, 2.05) is 11.0 Å². The number of hydrogen-bond donors (Lipinski definition) is 1. The maximum absolute atomic E-state index is 14.0. The minimum absolute atomic E-state index is 0.0583. The van der Waals surface area contributed by atoms with Gasteiger partial charge in [0.05, 0.1) is 5.56 Å². The van der Waals surface area contributed by atoms with Crippen LogP contribution in [0, 0.1) is 5.82 Å². The molecule has 1 fully saturated rings. The van der Waals surface area contributed by atoms with Gasteiger partial charge in [-0.25, -0.2) is 4.39 Å². The van der Waals surface area contributed by atoms with Crippen molar-refractivity contribution in [3.63, 3.8) is 0 Å². The van der Waals surface area contributed by atoms with Crippen LogP contribution in [0.1, 0.15) is 42.9 Å². The Kier molecular flexibility index (Phi) is 6.80. The van der Waals surface area contributed by atoms with Gasteiger partial charge in [-0.1, -0.05) is 24.6 Å². The molecule has 1 saturated heterocycles. The van der Waals surface area contributed by atoms with Gasteiger partial charge in [0.15, 0.2) is 0 Å². The number of nitrogens with one attached hydrogen (secondary N) is 1. The summed E-state index contributed by atoms with van der Waals surface area (Å²) in [5, 5.41) is 3.20. The maximum atomic E-state index is 14.0. The van der Waals surface area contributed by atoms with Gasteiger partial charge >= 0.3 is 6.18 Å². The first-order chi connectivity index (χ1) is 11.4. The smallest absolute Gasteiger partial charge is 0.314 e. The summed E-state index contributed by atoms with van der Waals surface area (Å²) in [5.74, 6) is -1.19. The molecule has 0 aromatic heterocycles. The summed E-state index contributed by atoms with van der Waals surface area (Å²) in [4.78, 5) is 2.04. The average molecular weight is 344 g/mol. The Bertz CT molecular complexity index is 536. The highest BCUT2D eigenvalue weighted by Crippen LogP contribution is 2.39. The first kappa shape index (κ1) is 18.9. The molecule has 0 aliphatic carbocycles. The van der Waals surface area contributed by atoms with Crippen molar-refractivity contribution in [2.75, 3.05) is 26.2 Å². The second-order valence-electron chi connectivity index (χ2n) is 6.08. The maximum Gasteiger partial charge on any atom is 0.419 e. The molecule has 1 aromatic rings. The number of rotatable bonds is 7. The summed E-state index contributed by atoms with van der Waals surface area (Å²) < 4.78 is 54.1. The van der Waals surface area contributed by atoms with E-state index in [2.05, 4.69) is 11.9 Å². The van der Waals surface area contributed by atoms with Crippen molar-refractivity contribution >= 4 is 0 Å². The summed E-state index contributed by atoms with van der Waals surface area (Å²) >= 11 is 0. The summed E-state index contributed by atoms with van der Waals surface area (Å²) in [7, 11) is 0. The molecule has 1 aliphatic heterocycles. The van der Waals surface area contributed by atoms with E-state index < -0.39 is 23.6 Å². The Morgan fingerprint density at radius 3 is 2.54 bits per heavy atom. The molecule has 0 amide bonds. The normalized spacial score (nSPS) is 17.7. The first-order valence-electron chi connectivity index (χ1n) is 8.36. The van der Waals surface area contributed by atoms with Crippen molar-refractivity contribution < 1.29 is 17.6 Å². The molecular weight excluding hydrogens is 320 g/mol. The Labute approximate surface area is 140 Å². The zero-order valence-electron chi connectivity index (χ0n) is 13.7. The minimum atomic E-state index is -4.69. The minimum Gasteiger partial charge on any atom is -0.314 e. The molecule has 1 aliphatic rings. The predicted molar refractivity (Wildman–Crippen MR) is 87.3 cm³/mol. The first-order valence-corrected chi connectivity index (χ1v) is 8.36. The standard InChI is InChI=1S/C18H24F4N2/c1-2-3-4-5-9-16(24-12-10-23-11-13-24)14-7-6-8-15(19)17(14)18(20,21)22/h2,6-8,16,23H,1,3-5,9-13H2/t16-/m1/s1. The van der Waals surface area contributed by atoms with Gasteiger partial charge in [0.25, 0.3) is 0 Å². The van der Waals surface area contributed by atoms with Crippen molar-refractivity contribution in [3.8, 4) is 0 Å². The zero-order chi connectivity index (χ0) is 17.6. The highest BCUT2D eigenvalue weighted by Gasteiger charge is 2.39. The fourth-order valence-corrected chi connectivity index (χ4v) is 3.27. The highest BCUT2D eigenvalue weighted by atomic mass is 19.4. The van der Waals surface area contributed by atoms with E-state index in [0.29, 0.717) is 19.5 Å². The molecule has 2 nitrogen and oxygen atoms in total. The van der Waals surface area contributed by atoms with Gasteiger partial charge in [-0.15, -0.1) is 6.58 Å². The largest absolute Gasteiger partial charge is 0.419 e. The van der Waals surface area contributed by atoms with Gasteiger partial charge in [-0.05, 0) is 30.9 Å². The molecule has 2 rings (SSSR count). The van der Waals surface area contributed by atoms with Crippen LogP contribution in [-0.4, -0.2) is 31.1 Å². The number of alkyl halides is 3. The van der Waals surface area contributed by atoms with E-state index in [1.165, 1.54) is 12.1 Å². The third-order valence-electron chi connectivity index (χ3n) is 4.42. The Balaban J connectivity index is 2.31. The summed E-state index contributed by atoms with van der Waals surface area (Å²) in [6.45, 7) is 6.47. The molecule has 0 radical (unpaired) electrons. The quantitative estimate of drug-likeness (QED) is 0.444. The lowest BCUT2D eigenvalue weighted by Crippen LogP contribution is -2.45. The average Bonchev–Trinajstić information content (AvgIpc) is 2.54. The molecule has 0 unspecified atom stereocenters. The van der Waals surface area contributed by atoms with Crippen molar-refractivity contribution in [2.45, 2.75) is 37.9 Å². The van der Waals surface area contributed by atoms with E-state index in [0.717, 1.165) is 38.4 Å². The molecule has 6 heteroatoms. The summed E-state index contributed by atoms with van der Waals surface area (Å²) in [5.41, 5.74) is -1.06. The molecule has 24 heavy (non-hydrogen) atoms. The molecule has 0 saturated carbocycles. The number of hydrogen-bond acceptors (Lipinski definition) is 2. The van der Waals surface area contributed by atoms with E-state index >= 15 is 0 Å². The van der Waals surface area contributed by atoms with Crippen molar-refractivity contribution in [1.82, 2.24) is 10.2 Å². The Morgan fingerprint density at radius 1 is 1.21 bits per heavy atom. The molecule has 134 valence electrons. The van der Waals surface area contributed by atoms with Crippen molar-refractivity contribution in [2.24, 2.45) is 0 Å². The third kappa shape index (κ3) is 4.80. The zero-order valence-corrected chi connectivity index (χ0v) is 13.7. The molecule has 1 atom stereocenters. The van der Waals surface area contributed by atoms with Crippen molar-refractivity contribution in [3.05, 3.63) is 47.8 Å². The fraction of sp³-hybridized carbons (Fsp3) is 0.556. The van der Waals surface area contributed by atoms with Crippen LogP contribution in [0.15, 0.2) is 30.9 Å². The van der Waals surface area contributed by atoms with E-state index in [4.69, 9.17) is 0 Å². The number of halogens is 4. The Hall–Kier alpha value is -1.40. The lowest BCUT2D eigenvalue weighted by Gasteiger charge is -2.36. The molecule has 1 N–H and O–H groups in total. The van der Waals surface area contributed by atoms with Crippen LogP contribution in [0.3, 0.4) is 0 Å². The third-order valence-corrected chi connectivity index (χ3v) is 4.42. The number of piperazine rings is 1. The highest BCUT2D eigenvalue weighted by molar-refractivity contribution is 5.34. The topological polar surface area (TPSA) is 15.3 Å². The fourth-order valence-electron chi connectivity index (χ4n) is 3.27. The van der Waals surface area contributed by atoms with Crippen LogP contribution in [0.25, 0.3) is 0 Å². The van der Waals surface area contributed by atoms with E-state index in [1.54, 1.807) is 0 Å². The number of allylic oxidation sites excluding steroid dienone is 1. The number of unbranched alkanes of at least 4 members (excludes halogenated alkanes) is 2. The van der Waals surface area contributed by atoms with Gasteiger partial charge in [-0.2, -0.15) is 13.2 Å². The van der Waals surface area contributed by atoms with E-state index in [9.17, 15) is 17.6 Å². The number of benzene rings is 1. The van der Waals surface area contributed by atoms with Crippen LogP contribution >= 0.6 is 0 Å². The lowest BCUT2D eigenvalue weighted by atomic mass is 9.93.